The van der Waals surface area contributed by atoms with E-state index in [9.17, 15) is 9.59 Å². The summed E-state index contributed by atoms with van der Waals surface area (Å²) >= 11 is 3.10. The highest BCUT2D eigenvalue weighted by Gasteiger charge is 2.20. The molecule has 0 fully saturated rings. The normalized spacial score (nSPS) is 11.8. The number of carbonyl (C=O) groups is 2. The monoisotopic (exact) mass is 357 g/mol. The number of primary amides is 1. The lowest BCUT2D eigenvalue weighted by molar-refractivity contribution is -0.127. The van der Waals surface area contributed by atoms with Crippen LogP contribution in [-0.2, 0) is 16.0 Å². The zero-order valence-electron chi connectivity index (χ0n) is 12.6. The van der Waals surface area contributed by atoms with Crippen LogP contribution in [0, 0.1) is 0 Å². The number of rotatable bonds is 6. The Morgan fingerprint density at radius 2 is 1.92 bits per heavy atom. The van der Waals surface area contributed by atoms with Gasteiger partial charge in [0, 0.05) is 5.38 Å². The standard InChI is InChI=1S/C17H15N3O2S2/c18-16(22)15(11-5-2-1-3-6-11)20-14(21)9-12-10-24-17(19-12)13-7-4-8-23-13/h1-8,10,15H,9H2,(H2,18,22)(H,20,21)/t15-/m0/s1. The lowest BCUT2D eigenvalue weighted by Crippen LogP contribution is -2.38. The van der Waals surface area contributed by atoms with Gasteiger partial charge in [-0.2, -0.15) is 0 Å². The molecule has 0 aliphatic rings. The molecule has 2 aromatic heterocycles. The number of thiazole rings is 1. The highest BCUT2D eigenvalue weighted by molar-refractivity contribution is 7.20. The number of carbonyl (C=O) groups excluding carboxylic acids is 2. The van der Waals surface area contributed by atoms with E-state index in [1.54, 1.807) is 35.6 Å². The molecule has 7 heteroatoms. The summed E-state index contributed by atoms with van der Waals surface area (Å²) in [4.78, 5) is 29.4. The summed E-state index contributed by atoms with van der Waals surface area (Å²) in [6.07, 6.45) is 0.110. The van der Waals surface area contributed by atoms with Gasteiger partial charge in [0.2, 0.25) is 11.8 Å². The van der Waals surface area contributed by atoms with Crippen molar-refractivity contribution in [1.82, 2.24) is 10.3 Å². The van der Waals surface area contributed by atoms with Crippen molar-refractivity contribution >= 4 is 34.5 Å². The maximum atomic E-state index is 12.2. The molecule has 0 aliphatic heterocycles. The van der Waals surface area contributed by atoms with Crippen molar-refractivity contribution in [2.24, 2.45) is 5.73 Å². The summed E-state index contributed by atoms with van der Waals surface area (Å²) in [5.41, 5.74) is 6.75. The van der Waals surface area contributed by atoms with Gasteiger partial charge in [0.05, 0.1) is 17.0 Å². The molecule has 0 bridgehead atoms. The molecule has 24 heavy (non-hydrogen) atoms. The Morgan fingerprint density at radius 3 is 2.58 bits per heavy atom. The topological polar surface area (TPSA) is 85.1 Å². The Hall–Kier alpha value is -2.51. The minimum absolute atomic E-state index is 0.110. The zero-order chi connectivity index (χ0) is 16.9. The van der Waals surface area contributed by atoms with Gasteiger partial charge in [-0.3, -0.25) is 9.59 Å². The Morgan fingerprint density at radius 1 is 1.12 bits per heavy atom. The molecular weight excluding hydrogens is 342 g/mol. The summed E-state index contributed by atoms with van der Waals surface area (Å²) < 4.78 is 0. The largest absolute Gasteiger partial charge is 0.368 e. The Labute approximate surface area is 147 Å². The lowest BCUT2D eigenvalue weighted by Gasteiger charge is -2.15. The number of thiophene rings is 1. The third kappa shape index (κ3) is 3.87. The van der Waals surface area contributed by atoms with E-state index in [1.807, 2.05) is 29.0 Å². The van der Waals surface area contributed by atoms with Gasteiger partial charge in [-0.1, -0.05) is 36.4 Å². The second kappa shape index (κ2) is 7.37. The number of aromatic nitrogens is 1. The first kappa shape index (κ1) is 16.4. The molecule has 0 saturated heterocycles. The van der Waals surface area contributed by atoms with Crippen LogP contribution >= 0.6 is 22.7 Å². The van der Waals surface area contributed by atoms with Crippen molar-refractivity contribution in [2.75, 3.05) is 0 Å². The molecule has 0 aliphatic carbocycles. The van der Waals surface area contributed by atoms with Crippen molar-refractivity contribution in [2.45, 2.75) is 12.5 Å². The molecule has 3 aromatic rings. The Kier molecular flexibility index (Phi) is 5.02. The van der Waals surface area contributed by atoms with Gasteiger partial charge in [-0.15, -0.1) is 22.7 Å². The summed E-state index contributed by atoms with van der Waals surface area (Å²) in [5.74, 6) is -0.877. The molecule has 0 radical (unpaired) electrons. The van der Waals surface area contributed by atoms with E-state index in [-0.39, 0.29) is 12.3 Å². The predicted octanol–water partition coefficient (Wildman–Crippen LogP) is 2.76. The first-order valence-electron chi connectivity index (χ1n) is 7.25. The number of nitrogens with zero attached hydrogens (tertiary/aromatic N) is 1. The van der Waals surface area contributed by atoms with E-state index in [4.69, 9.17) is 5.73 Å². The van der Waals surface area contributed by atoms with Crippen LogP contribution in [-0.4, -0.2) is 16.8 Å². The summed E-state index contributed by atoms with van der Waals surface area (Å²) in [6, 6.07) is 12.1. The summed E-state index contributed by atoms with van der Waals surface area (Å²) in [6.45, 7) is 0. The fourth-order valence-electron chi connectivity index (χ4n) is 2.24. The van der Waals surface area contributed by atoms with E-state index in [0.717, 1.165) is 9.88 Å². The van der Waals surface area contributed by atoms with Crippen molar-refractivity contribution in [3.05, 3.63) is 64.5 Å². The number of nitrogens with one attached hydrogen (secondary N) is 1. The third-order valence-electron chi connectivity index (χ3n) is 3.35. The highest BCUT2D eigenvalue weighted by atomic mass is 32.1. The summed E-state index contributed by atoms with van der Waals surface area (Å²) in [7, 11) is 0. The summed E-state index contributed by atoms with van der Waals surface area (Å²) in [5, 5.41) is 7.41. The maximum absolute atomic E-state index is 12.2. The molecule has 0 saturated carbocycles. The average Bonchev–Trinajstić information content (AvgIpc) is 3.24. The predicted molar refractivity (Wildman–Crippen MR) is 95.7 cm³/mol. The van der Waals surface area contributed by atoms with Crippen LogP contribution in [0.3, 0.4) is 0 Å². The molecule has 5 nitrogen and oxygen atoms in total. The Bertz CT molecular complexity index is 829. The molecule has 0 spiro atoms. The minimum atomic E-state index is -0.839. The van der Waals surface area contributed by atoms with Gasteiger partial charge in [0.25, 0.3) is 0 Å². The second-order valence-corrected chi connectivity index (χ2v) is 6.92. The van der Waals surface area contributed by atoms with Crippen LogP contribution in [0.4, 0.5) is 0 Å². The van der Waals surface area contributed by atoms with Crippen molar-refractivity contribution in [3.8, 4) is 9.88 Å². The molecule has 2 heterocycles. The number of amides is 2. The van der Waals surface area contributed by atoms with Gasteiger partial charge < -0.3 is 11.1 Å². The first-order valence-corrected chi connectivity index (χ1v) is 9.01. The molecule has 0 unspecified atom stereocenters. The van der Waals surface area contributed by atoms with Crippen molar-refractivity contribution < 1.29 is 9.59 Å². The average molecular weight is 357 g/mol. The van der Waals surface area contributed by atoms with E-state index in [1.165, 1.54) is 11.3 Å². The van der Waals surface area contributed by atoms with Crippen LogP contribution in [0.1, 0.15) is 17.3 Å². The quantitative estimate of drug-likeness (QED) is 0.711. The Balaban J connectivity index is 1.67. The third-order valence-corrected chi connectivity index (χ3v) is 5.28. The molecular formula is C17H15N3O2S2. The van der Waals surface area contributed by atoms with Crippen LogP contribution in [0.25, 0.3) is 9.88 Å². The highest BCUT2D eigenvalue weighted by Crippen LogP contribution is 2.27. The number of nitrogens with two attached hydrogens (primary N) is 1. The molecule has 1 aromatic carbocycles. The first-order chi connectivity index (χ1) is 11.6. The molecule has 122 valence electrons. The van der Waals surface area contributed by atoms with E-state index < -0.39 is 11.9 Å². The van der Waals surface area contributed by atoms with E-state index >= 15 is 0 Å². The second-order valence-electron chi connectivity index (χ2n) is 5.11. The fourth-order valence-corrected chi connectivity index (χ4v) is 3.88. The fraction of sp³-hybridized carbons (Fsp3) is 0.118. The molecule has 3 rings (SSSR count). The maximum Gasteiger partial charge on any atom is 0.244 e. The molecule has 2 amide bonds. The number of hydrogen-bond donors (Lipinski definition) is 2. The van der Waals surface area contributed by atoms with Gasteiger partial charge >= 0.3 is 0 Å². The minimum Gasteiger partial charge on any atom is -0.368 e. The SMILES string of the molecule is NC(=O)[C@@H](NC(=O)Cc1csc(-c2cccs2)n1)c1ccccc1. The lowest BCUT2D eigenvalue weighted by atomic mass is 10.1. The van der Waals surface area contributed by atoms with Gasteiger partial charge in [-0.05, 0) is 17.0 Å². The van der Waals surface area contributed by atoms with Crippen molar-refractivity contribution in [3.63, 3.8) is 0 Å². The number of benzene rings is 1. The zero-order valence-corrected chi connectivity index (χ0v) is 14.3. The van der Waals surface area contributed by atoms with Crippen LogP contribution in [0.15, 0.2) is 53.2 Å². The van der Waals surface area contributed by atoms with Gasteiger partial charge in [-0.25, -0.2) is 4.98 Å². The van der Waals surface area contributed by atoms with Crippen LogP contribution in [0.2, 0.25) is 0 Å². The molecule has 3 N–H and O–H groups in total. The van der Waals surface area contributed by atoms with E-state index in [0.29, 0.717) is 11.3 Å². The molecule has 1 atom stereocenters. The van der Waals surface area contributed by atoms with Crippen LogP contribution < -0.4 is 11.1 Å². The van der Waals surface area contributed by atoms with E-state index in [2.05, 4.69) is 10.3 Å². The smallest absolute Gasteiger partial charge is 0.244 e. The number of hydrogen-bond acceptors (Lipinski definition) is 5. The van der Waals surface area contributed by atoms with Crippen molar-refractivity contribution in [1.29, 1.82) is 0 Å². The van der Waals surface area contributed by atoms with Gasteiger partial charge in [0.15, 0.2) is 0 Å². The van der Waals surface area contributed by atoms with Gasteiger partial charge in [0.1, 0.15) is 11.0 Å². The van der Waals surface area contributed by atoms with Crippen LogP contribution in [0.5, 0.6) is 0 Å².